The van der Waals surface area contributed by atoms with E-state index in [9.17, 15) is 0 Å². The summed E-state index contributed by atoms with van der Waals surface area (Å²) < 4.78 is 0. The van der Waals surface area contributed by atoms with Gasteiger partial charge in [0.25, 0.3) is 0 Å². The Morgan fingerprint density at radius 2 is 1.77 bits per heavy atom. The van der Waals surface area contributed by atoms with E-state index in [0.717, 1.165) is 12.8 Å². The molecule has 0 aromatic carbocycles. The summed E-state index contributed by atoms with van der Waals surface area (Å²) in [6.45, 7) is 4.03. The number of allylic oxidation sites excluding steroid dienone is 4. The molecule has 1 heteroatoms. The molecular formula is C12H22O. The van der Waals surface area contributed by atoms with Gasteiger partial charge in [-0.05, 0) is 26.2 Å². The van der Waals surface area contributed by atoms with Crippen molar-refractivity contribution in [3.63, 3.8) is 0 Å². The highest BCUT2D eigenvalue weighted by atomic mass is 16.3. The zero-order chi connectivity index (χ0) is 9.94. The maximum absolute atomic E-state index is 8.97. The molecule has 0 aromatic heterocycles. The van der Waals surface area contributed by atoms with Crippen LogP contribution in [-0.2, 0) is 0 Å². The van der Waals surface area contributed by atoms with E-state index >= 15 is 0 Å². The zero-order valence-electron chi connectivity index (χ0n) is 8.87. The van der Waals surface area contributed by atoms with Crippen LogP contribution in [0.15, 0.2) is 24.3 Å². The molecule has 0 radical (unpaired) electrons. The van der Waals surface area contributed by atoms with Crippen LogP contribution < -0.4 is 0 Å². The lowest BCUT2D eigenvalue weighted by Crippen LogP contribution is -1.96. The third-order valence-electron chi connectivity index (χ3n) is 1.86. The van der Waals surface area contributed by atoms with Crippen LogP contribution in [0.1, 0.15) is 46.0 Å². The zero-order valence-corrected chi connectivity index (χ0v) is 8.87. The lowest BCUT2D eigenvalue weighted by Gasteiger charge is -1.97. The van der Waals surface area contributed by atoms with Crippen LogP contribution in [0.4, 0.5) is 0 Å². The molecule has 1 N–H and O–H groups in total. The third kappa shape index (κ3) is 11.4. The molecule has 0 amide bonds. The van der Waals surface area contributed by atoms with Crippen LogP contribution in [0.5, 0.6) is 0 Å². The molecular weight excluding hydrogens is 160 g/mol. The average molecular weight is 182 g/mol. The largest absolute Gasteiger partial charge is 0.393 e. The molecule has 0 rings (SSSR count). The van der Waals surface area contributed by atoms with E-state index in [2.05, 4.69) is 31.2 Å². The van der Waals surface area contributed by atoms with Gasteiger partial charge in [-0.25, -0.2) is 0 Å². The van der Waals surface area contributed by atoms with Crippen LogP contribution >= 0.6 is 0 Å². The van der Waals surface area contributed by atoms with Gasteiger partial charge in [0, 0.05) is 0 Å². The third-order valence-corrected chi connectivity index (χ3v) is 1.86. The van der Waals surface area contributed by atoms with Crippen LogP contribution in [0.3, 0.4) is 0 Å². The molecule has 13 heavy (non-hydrogen) atoms. The number of aliphatic hydroxyl groups excluding tert-OH is 1. The van der Waals surface area contributed by atoms with E-state index in [1.165, 1.54) is 19.3 Å². The fraction of sp³-hybridized carbons (Fsp3) is 0.667. The molecule has 0 aliphatic carbocycles. The lowest BCUT2D eigenvalue weighted by molar-refractivity contribution is 0.186. The summed E-state index contributed by atoms with van der Waals surface area (Å²) in [6, 6.07) is 0. The van der Waals surface area contributed by atoms with E-state index in [-0.39, 0.29) is 6.10 Å². The number of unbranched alkanes of at least 4 members (excludes halogenated alkanes) is 2. The maximum atomic E-state index is 8.97. The van der Waals surface area contributed by atoms with Crippen molar-refractivity contribution >= 4 is 0 Å². The van der Waals surface area contributed by atoms with Crippen LogP contribution in [0.2, 0.25) is 0 Å². The van der Waals surface area contributed by atoms with Gasteiger partial charge < -0.3 is 5.11 Å². The highest BCUT2D eigenvalue weighted by molar-refractivity contribution is 5.02. The molecule has 76 valence electrons. The molecule has 1 atom stereocenters. The molecule has 0 spiro atoms. The first-order valence-electron chi connectivity index (χ1n) is 5.27. The Labute approximate surface area is 82.2 Å². The molecule has 0 fully saturated rings. The van der Waals surface area contributed by atoms with Crippen molar-refractivity contribution in [1.82, 2.24) is 0 Å². The number of hydrogen-bond donors (Lipinski definition) is 1. The minimum atomic E-state index is -0.172. The predicted octanol–water partition coefficient (Wildman–Crippen LogP) is 3.45. The van der Waals surface area contributed by atoms with Gasteiger partial charge in [-0.1, -0.05) is 44.1 Å². The highest BCUT2D eigenvalue weighted by Crippen LogP contribution is 1.98. The van der Waals surface area contributed by atoms with Crippen molar-refractivity contribution in [2.24, 2.45) is 0 Å². The Morgan fingerprint density at radius 1 is 1.15 bits per heavy atom. The maximum Gasteiger partial charge on any atom is 0.0515 e. The Balaban J connectivity index is 3.24. The summed E-state index contributed by atoms with van der Waals surface area (Å²) in [5, 5.41) is 8.97. The van der Waals surface area contributed by atoms with Gasteiger partial charge in [0.05, 0.1) is 6.10 Å². The SMILES string of the molecule is CCCCC=CC=CCCC(C)O. The summed E-state index contributed by atoms with van der Waals surface area (Å²) in [7, 11) is 0. The molecule has 0 aromatic rings. The minimum Gasteiger partial charge on any atom is -0.393 e. The number of aliphatic hydroxyl groups is 1. The van der Waals surface area contributed by atoms with Crippen molar-refractivity contribution in [1.29, 1.82) is 0 Å². The summed E-state index contributed by atoms with van der Waals surface area (Å²) >= 11 is 0. The van der Waals surface area contributed by atoms with E-state index in [0.29, 0.717) is 0 Å². The summed E-state index contributed by atoms with van der Waals surface area (Å²) in [6.07, 6.45) is 13.8. The Hall–Kier alpha value is -0.560. The Kier molecular flexibility index (Phi) is 9.12. The van der Waals surface area contributed by atoms with Gasteiger partial charge in [0.15, 0.2) is 0 Å². The second-order valence-corrected chi connectivity index (χ2v) is 3.42. The summed E-state index contributed by atoms with van der Waals surface area (Å²) in [5.41, 5.74) is 0. The normalized spacial score (nSPS) is 14.4. The molecule has 0 saturated heterocycles. The van der Waals surface area contributed by atoms with E-state index in [1.54, 1.807) is 0 Å². The van der Waals surface area contributed by atoms with Crippen LogP contribution in [0, 0.1) is 0 Å². The van der Waals surface area contributed by atoms with E-state index in [4.69, 9.17) is 5.11 Å². The van der Waals surface area contributed by atoms with Gasteiger partial charge in [-0.3, -0.25) is 0 Å². The van der Waals surface area contributed by atoms with Crippen molar-refractivity contribution in [2.75, 3.05) is 0 Å². The van der Waals surface area contributed by atoms with Crippen molar-refractivity contribution < 1.29 is 5.11 Å². The first-order valence-corrected chi connectivity index (χ1v) is 5.27. The monoisotopic (exact) mass is 182 g/mol. The second-order valence-electron chi connectivity index (χ2n) is 3.42. The minimum absolute atomic E-state index is 0.172. The van der Waals surface area contributed by atoms with Crippen LogP contribution in [0.25, 0.3) is 0 Å². The molecule has 1 nitrogen and oxygen atoms in total. The fourth-order valence-electron chi connectivity index (χ4n) is 1.01. The topological polar surface area (TPSA) is 20.2 Å². The summed E-state index contributed by atoms with van der Waals surface area (Å²) in [5.74, 6) is 0. The van der Waals surface area contributed by atoms with E-state index < -0.39 is 0 Å². The molecule has 0 heterocycles. The number of hydrogen-bond acceptors (Lipinski definition) is 1. The second kappa shape index (κ2) is 9.53. The fourth-order valence-corrected chi connectivity index (χ4v) is 1.01. The highest BCUT2D eigenvalue weighted by Gasteiger charge is 1.89. The standard InChI is InChI=1S/C12H22O/c1-3-4-5-6-7-8-9-10-11-12(2)13/h6-9,12-13H,3-5,10-11H2,1-2H3. The Morgan fingerprint density at radius 3 is 2.31 bits per heavy atom. The molecule has 0 bridgehead atoms. The first-order chi connectivity index (χ1) is 6.27. The van der Waals surface area contributed by atoms with Crippen molar-refractivity contribution in [2.45, 2.75) is 52.1 Å². The molecule has 0 aliphatic rings. The van der Waals surface area contributed by atoms with Crippen molar-refractivity contribution in [3.05, 3.63) is 24.3 Å². The quantitative estimate of drug-likeness (QED) is 0.472. The van der Waals surface area contributed by atoms with Gasteiger partial charge in [0.1, 0.15) is 0 Å². The molecule has 0 saturated carbocycles. The predicted molar refractivity (Wildman–Crippen MR) is 58.7 cm³/mol. The number of rotatable bonds is 7. The molecule has 0 aliphatic heterocycles. The van der Waals surface area contributed by atoms with Crippen LogP contribution in [-0.4, -0.2) is 11.2 Å². The van der Waals surface area contributed by atoms with Crippen molar-refractivity contribution in [3.8, 4) is 0 Å². The summed E-state index contributed by atoms with van der Waals surface area (Å²) in [4.78, 5) is 0. The molecule has 1 unspecified atom stereocenters. The van der Waals surface area contributed by atoms with E-state index in [1.807, 2.05) is 6.92 Å². The van der Waals surface area contributed by atoms with Gasteiger partial charge >= 0.3 is 0 Å². The Bertz CT molecular complexity index is 145. The van der Waals surface area contributed by atoms with Gasteiger partial charge in [-0.15, -0.1) is 0 Å². The average Bonchev–Trinajstić information content (AvgIpc) is 2.09. The first kappa shape index (κ1) is 12.4. The smallest absolute Gasteiger partial charge is 0.0515 e. The lowest BCUT2D eigenvalue weighted by atomic mass is 10.2. The van der Waals surface area contributed by atoms with Gasteiger partial charge in [0.2, 0.25) is 0 Å². The van der Waals surface area contributed by atoms with Gasteiger partial charge in [-0.2, -0.15) is 0 Å².